The summed E-state index contributed by atoms with van der Waals surface area (Å²) < 4.78 is 32.9. The quantitative estimate of drug-likeness (QED) is 0.487. The highest BCUT2D eigenvalue weighted by Crippen LogP contribution is 2.17. The largest absolute Gasteiger partial charge is 0.465 e. The zero-order valence-corrected chi connectivity index (χ0v) is 18.7. The van der Waals surface area contributed by atoms with Crippen molar-refractivity contribution in [3.63, 3.8) is 0 Å². The number of hydrogen-bond donors (Lipinski definition) is 2. The van der Waals surface area contributed by atoms with Crippen LogP contribution in [0.5, 0.6) is 0 Å². The number of ether oxygens (including phenoxy) is 1. The Hall–Kier alpha value is -3.20. The standard InChI is InChI=1S/C23H21ClN2O5S/c1-31-23(28)17-7-11-19(12-8-17)25-22(27)21(15-16-5-3-2-4-6-16)26-32(29,30)20-13-9-18(24)10-14-20/h2-14,21,26H,15H2,1H3,(H,25,27)/t21-/m0/s1. The van der Waals surface area contributed by atoms with Gasteiger partial charge < -0.3 is 10.1 Å². The fourth-order valence-corrected chi connectivity index (χ4v) is 4.27. The van der Waals surface area contributed by atoms with Crippen LogP contribution in [0.4, 0.5) is 5.69 Å². The van der Waals surface area contributed by atoms with Gasteiger partial charge in [0.1, 0.15) is 6.04 Å². The summed E-state index contributed by atoms with van der Waals surface area (Å²) in [4.78, 5) is 24.6. The van der Waals surface area contributed by atoms with Crippen LogP contribution in [-0.4, -0.2) is 33.4 Å². The number of esters is 1. The molecule has 0 aliphatic rings. The molecule has 3 rings (SSSR count). The van der Waals surface area contributed by atoms with Crippen molar-refractivity contribution in [2.75, 3.05) is 12.4 Å². The first kappa shape index (κ1) is 23.5. The molecule has 0 aliphatic carbocycles. The highest BCUT2D eigenvalue weighted by atomic mass is 35.5. The van der Waals surface area contributed by atoms with Crippen LogP contribution in [-0.2, 0) is 26.0 Å². The lowest BCUT2D eigenvalue weighted by molar-refractivity contribution is -0.117. The number of rotatable bonds is 8. The molecular formula is C23H21ClN2O5S. The van der Waals surface area contributed by atoms with E-state index in [9.17, 15) is 18.0 Å². The minimum absolute atomic E-state index is 0.00445. The number of anilines is 1. The second-order valence-electron chi connectivity index (χ2n) is 6.88. The molecule has 9 heteroatoms. The number of amides is 1. The number of carbonyl (C=O) groups is 2. The molecule has 1 atom stereocenters. The maximum Gasteiger partial charge on any atom is 0.337 e. The molecule has 0 spiro atoms. The molecule has 0 heterocycles. The zero-order chi connectivity index (χ0) is 23.1. The van der Waals surface area contributed by atoms with Gasteiger partial charge in [-0.2, -0.15) is 4.72 Å². The van der Waals surface area contributed by atoms with Crippen LogP contribution in [0.15, 0.2) is 83.8 Å². The molecule has 0 aliphatic heterocycles. The van der Waals surface area contributed by atoms with Crippen molar-refractivity contribution in [2.24, 2.45) is 0 Å². The van der Waals surface area contributed by atoms with Crippen molar-refractivity contribution >= 4 is 39.2 Å². The highest BCUT2D eigenvalue weighted by molar-refractivity contribution is 7.89. The number of hydrogen-bond acceptors (Lipinski definition) is 5. The number of carbonyl (C=O) groups excluding carboxylic acids is 2. The molecule has 7 nitrogen and oxygen atoms in total. The number of halogens is 1. The number of nitrogens with one attached hydrogen (secondary N) is 2. The molecule has 0 unspecified atom stereocenters. The van der Waals surface area contributed by atoms with Gasteiger partial charge in [0.15, 0.2) is 0 Å². The second-order valence-corrected chi connectivity index (χ2v) is 9.03. The van der Waals surface area contributed by atoms with Crippen molar-refractivity contribution in [3.8, 4) is 0 Å². The van der Waals surface area contributed by atoms with E-state index >= 15 is 0 Å². The lowest BCUT2D eigenvalue weighted by Gasteiger charge is -2.19. The van der Waals surface area contributed by atoms with E-state index < -0.39 is 27.9 Å². The van der Waals surface area contributed by atoms with Crippen molar-refractivity contribution < 1.29 is 22.7 Å². The average molecular weight is 473 g/mol. The van der Waals surface area contributed by atoms with Gasteiger partial charge >= 0.3 is 5.97 Å². The molecule has 0 saturated heterocycles. The number of sulfonamides is 1. The van der Waals surface area contributed by atoms with Gasteiger partial charge in [-0.25, -0.2) is 13.2 Å². The Morgan fingerprint density at radius 3 is 2.16 bits per heavy atom. The summed E-state index contributed by atoms with van der Waals surface area (Å²) in [6, 6.07) is 19.7. The summed E-state index contributed by atoms with van der Waals surface area (Å²) in [5.41, 5.74) is 1.52. The molecule has 166 valence electrons. The van der Waals surface area contributed by atoms with Crippen LogP contribution in [0.2, 0.25) is 5.02 Å². The minimum atomic E-state index is -3.99. The molecule has 0 aromatic heterocycles. The Bertz CT molecular complexity index is 1180. The van der Waals surface area contributed by atoms with Gasteiger partial charge in [-0.3, -0.25) is 4.79 Å². The highest BCUT2D eigenvalue weighted by Gasteiger charge is 2.26. The predicted octanol–water partition coefficient (Wildman–Crippen LogP) is 3.65. The smallest absolute Gasteiger partial charge is 0.337 e. The summed E-state index contributed by atoms with van der Waals surface area (Å²) >= 11 is 5.85. The molecule has 32 heavy (non-hydrogen) atoms. The fourth-order valence-electron chi connectivity index (χ4n) is 2.94. The molecule has 0 fully saturated rings. The Morgan fingerprint density at radius 1 is 0.938 bits per heavy atom. The number of methoxy groups -OCH3 is 1. The minimum Gasteiger partial charge on any atom is -0.465 e. The first-order valence-corrected chi connectivity index (χ1v) is 11.5. The van der Waals surface area contributed by atoms with Gasteiger partial charge in [-0.15, -0.1) is 0 Å². The van der Waals surface area contributed by atoms with Crippen molar-refractivity contribution in [2.45, 2.75) is 17.4 Å². The maximum atomic E-state index is 13.0. The van der Waals surface area contributed by atoms with E-state index in [0.29, 0.717) is 16.3 Å². The van der Waals surface area contributed by atoms with E-state index in [1.807, 2.05) is 30.3 Å². The molecule has 0 saturated carbocycles. The fraction of sp³-hybridized carbons (Fsp3) is 0.130. The van der Waals surface area contributed by atoms with Crippen LogP contribution in [0.3, 0.4) is 0 Å². The Balaban J connectivity index is 1.82. The zero-order valence-electron chi connectivity index (χ0n) is 17.1. The van der Waals surface area contributed by atoms with E-state index in [-0.39, 0.29) is 11.3 Å². The Morgan fingerprint density at radius 2 is 1.56 bits per heavy atom. The summed E-state index contributed by atoms with van der Waals surface area (Å²) in [7, 11) is -2.71. The van der Waals surface area contributed by atoms with Gasteiger partial charge in [-0.1, -0.05) is 41.9 Å². The third-order valence-corrected chi connectivity index (χ3v) is 6.33. The summed E-state index contributed by atoms with van der Waals surface area (Å²) in [6.45, 7) is 0. The van der Waals surface area contributed by atoms with Crippen molar-refractivity contribution in [1.82, 2.24) is 4.72 Å². The van der Waals surface area contributed by atoms with Crippen molar-refractivity contribution in [3.05, 3.63) is 95.0 Å². The lowest BCUT2D eigenvalue weighted by atomic mass is 10.1. The predicted molar refractivity (Wildman–Crippen MR) is 122 cm³/mol. The van der Waals surface area contributed by atoms with Crippen LogP contribution in [0.1, 0.15) is 15.9 Å². The lowest BCUT2D eigenvalue weighted by Crippen LogP contribution is -2.45. The molecule has 2 N–H and O–H groups in total. The second kappa shape index (κ2) is 10.4. The SMILES string of the molecule is COC(=O)c1ccc(NC(=O)[C@H](Cc2ccccc2)NS(=O)(=O)c2ccc(Cl)cc2)cc1. The van der Waals surface area contributed by atoms with Gasteiger partial charge in [0.2, 0.25) is 15.9 Å². The van der Waals surface area contributed by atoms with E-state index in [0.717, 1.165) is 5.56 Å². The van der Waals surface area contributed by atoms with Gasteiger partial charge in [-0.05, 0) is 60.5 Å². The maximum absolute atomic E-state index is 13.0. The van der Waals surface area contributed by atoms with Crippen molar-refractivity contribution in [1.29, 1.82) is 0 Å². The van der Waals surface area contributed by atoms with Crippen LogP contribution < -0.4 is 10.0 Å². The number of benzene rings is 3. The summed E-state index contributed by atoms with van der Waals surface area (Å²) in [5.74, 6) is -1.04. The van der Waals surface area contributed by atoms with E-state index in [1.165, 1.54) is 55.6 Å². The normalized spacial score (nSPS) is 12.1. The van der Waals surface area contributed by atoms with E-state index in [2.05, 4.69) is 14.8 Å². The monoisotopic (exact) mass is 472 g/mol. The van der Waals surface area contributed by atoms with Gasteiger partial charge in [0.05, 0.1) is 17.6 Å². The molecule has 0 radical (unpaired) electrons. The van der Waals surface area contributed by atoms with Crippen LogP contribution in [0, 0.1) is 0 Å². The van der Waals surface area contributed by atoms with E-state index in [4.69, 9.17) is 11.6 Å². The third kappa shape index (κ3) is 6.16. The van der Waals surface area contributed by atoms with E-state index in [1.54, 1.807) is 0 Å². The first-order valence-electron chi connectivity index (χ1n) is 9.59. The van der Waals surface area contributed by atoms with Crippen LogP contribution >= 0.6 is 11.6 Å². The van der Waals surface area contributed by atoms with Gasteiger partial charge in [0, 0.05) is 10.7 Å². The Kier molecular flexibility index (Phi) is 7.63. The summed E-state index contributed by atoms with van der Waals surface area (Å²) in [6.07, 6.45) is 0.139. The molecule has 3 aromatic rings. The molecule has 0 bridgehead atoms. The molecule has 3 aromatic carbocycles. The van der Waals surface area contributed by atoms with Gasteiger partial charge in [0.25, 0.3) is 0 Å². The molecular weight excluding hydrogens is 452 g/mol. The third-order valence-electron chi connectivity index (χ3n) is 4.59. The first-order chi connectivity index (χ1) is 15.3. The topological polar surface area (TPSA) is 102 Å². The Labute approximate surface area is 191 Å². The summed E-state index contributed by atoms with van der Waals surface area (Å²) in [5, 5.41) is 3.09. The van der Waals surface area contributed by atoms with Crippen LogP contribution in [0.25, 0.3) is 0 Å². The average Bonchev–Trinajstić information content (AvgIpc) is 2.79. The molecule has 1 amide bonds.